The maximum atomic E-state index is 13.8. The molecule has 2 atom stereocenters. The van der Waals surface area contributed by atoms with Crippen molar-refractivity contribution in [2.75, 3.05) is 18.4 Å². The van der Waals surface area contributed by atoms with Gasteiger partial charge in [-0.2, -0.15) is 0 Å². The topological polar surface area (TPSA) is 54.5 Å². The number of aromatic nitrogens is 1. The fourth-order valence-corrected chi connectivity index (χ4v) is 3.33. The summed E-state index contributed by atoms with van der Waals surface area (Å²) >= 11 is 3.18. The first-order valence-electron chi connectivity index (χ1n) is 8.51. The first-order valence-corrected chi connectivity index (χ1v) is 9.30. The van der Waals surface area contributed by atoms with Crippen LogP contribution in [0.15, 0.2) is 41.0 Å². The normalized spacial score (nSPS) is 20.1. The number of benzene rings is 1. The minimum Gasteiger partial charge on any atom is -0.372 e. The van der Waals surface area contributed by atoms with Gasteiger partial charge in [-0.1, -0.05) is 12.1 Å². The van der Waals surface area contributed by atoms with E-state index in [1.807, 2.05) is 30.9 Å². The van der Waals surface area contributed by atoms with Crippen molar-refractivity contribution >= 4 is 27.7 Å². The first-order chi connectivity index (χ1) is 12.4. The minimum absolute atomic E-state index is 0.00660. The molecule has 1 saturated heterocycles. The third-order valence-corrected chi connectivity index (χ3v) is 4.61. The highest BCUT2D eigenvalue weighted by Gasteiger charge is 2.26. The van der Waals surface area contributed by atoms with E-state index < -0.39 is 5.82 Å². The molecule has 1 aliphatic rings. The summed E-state index contributed by atoms with van der Waals surface area (Å²) in [6.07, 6.45) is 1.62. The molecule has 3 rings (SSSR count). The third-order valence-electron chi connectivity index (χ3n) is 4.18. The Bertz CT molecular complexity index is 775. The summed E-state index contributed by atoms with van der Waals surface area (Å²) in [5.41, 5.74) is 1.58. The second-order valence-corrected chi connectivity index (χ2v) is 7.42. The van der Waals surface area contributed by atoms with E-state index in [-0.39, 0.29) is 23.9 Å². The quantitative estimate of drug-likeness (QED) is 0.814. The SMILES string of the molecule is C[C@@H]1CN(C(=O)c2ccc(CNc3ncc(Br)cc3F)cc2)C[C@H](C)O1. The average Bonchev–Trinajstić information content (AvgIpc) is 2.60. The van der Waals surface area contributed by atoms with Crippen LogP contribution >= 0.6 is 15.9 Å². The fourth-order valence-electron chi connectivity index (χ4n) is 3.02. The van der Waals surface area contributed by atoms with Crippen LogP contribution in [0.25, 0.3) is 0 Å². The Balaban J connectivity index is 1.62. The maximum absolute atomic E-state index is 13.8. The molecule has 138 valence electrons. The summed E-state index contributed by atoms with van der Waals surface area (Å²) < 4.78 is 20.0. The molecule has 1 aliphatic heterocycles. The maximum Gasteiger partial charge on any atom is 0.254 e. The molecule has 1 aromatic carbocycles. The van der Waals surface area contributed by atoms with Gasteiger partial charge in [0.2, 0.25) is 0 Å². The molecule has 0 bridgehead atoms. The van der Waals surface area contributed by atoms with Gasteiger partial charge >= 0.3 is 0 Å². The second kappa shape index (κ2) is 8.14. The zero-order valence-electron chi connectivity index (χ0n) is 14.7. The van der Waals surface area contributed by atoms with Crippen LogP contribution in [0.5, 0.6) is 0 Å². The predicted molar refractivity (Wildman–Crippen MR) is 102 cm³/mol. The van der Waals surface area contributed by atoms with Crippen molar-refractivity contribution in [2.45, 2.75) is 32.6 Å². The largest absolute Gasteiger partial charge is 0.372 e. The molecule has 1 fully saturated rings. The Kier molecular flexibility index (Phi) is 5.88. The van der Waals surface area contributed by atoms with Crippen LogP contribution in [0.4, 0.5) is 10.2 Å². The number of amides is 1. The molecular weight excluding hydrogens is 401 g/mol. The highest BCUT2D eigenvalue weighted by atomic mass is 79.9. The van der Waals surface area contributed by atoms with Crippen LogP contribution in [0.1, 0.15) is 29.8 Å². The van der Waals surface area contributed by atoms with Crippen LogP contribution in [-0.4, -0.2) is 41.1 Å². The Hall–Kier alpha value is -1.99. The van der Waals surface area contributed by atoms with Crippen LogP contribution < -0.4 is 5.32 Å². The van der Waals surface area contributed by atoms with E-state index in [9.17, 15) is 9.18 Å². The van der Waals surface area contributed by atoms with Crippen molar-refractivity contribution in [2.24, 2.45) is 0 Å². The predicted octanol–water partition coefficient (Wildman–Crippen LogP) is 3.84. The number of pyridine rings is 1. The van der Waals surface area contributed by atoms with Gasteiger partial charge in [-0.15, -0.1) is 0 Å². The fraction of sp³-hybridized carbons (Fsp3) is 0.368. The minimum atomic E-state index is -0.415. The molecule has 7 heteroatoms. The summed E-state index contributed by atoms with van der Waals surface area (Å²) in [6.45, 7) is 5.56. The first kappa shape index (κ1) is 18.8. The Morgan fingerprint density at radius 3 is 2.58 bits per heavy atom. The van der Waals surface area contributed by atoms with E-state index in [1.54, 1.807) is 12.1 Å². The summed E-state index contributed by atoms with van der Waals surface area (Å²) in [5, 5.41) is 2.96. The van der Waals surface area contributed by atoms with Crippen LogP contribution in [0, 0.1) is 5.82 Å². The van der Waals surface area contributed by atoms with Gasteiger partial charge in [0.25, 0.3) is 5.91 Å². The standard InChI is InChI=1S/C19H21BrFN3O2/c1-12-10-24(11-13(2)26-12)19(25)15-5-3-14(4-6-15)8-22-18-17(21)7-16(20)9-23-18/h3-7,9,12-13H,8,10-11H2,1-2H3,(H,22,23)/t12-,13+. The molecular formula is C19H21BrFN3O2. The molecule has 2 aromatic rings. The highest BCUT2D eigenvalue weighted by molar-refractivity contribution is 9.10. The number of nitrogens with zero attached hydrogens (tertiary/aromatic N) is 2. The number of carbonyl (C=O) groups excluding carboxylic acids is 1. The van der Waals surface area contributed by atoms with Gasteiger partial charge in [0.05, 0.1) is 12.2 Å². The van der Waals surface area contributed by atoms with Crippen LogP contribution in [0.2, 0.25) is 0 Å². The third kappa shape index (κ3) is 4.59. The van der Waals surface area contributed by atoms with Gasteiger partial charge in [-0.05, 0) is 53.5 Å². The van der Waals surface area contributed by atoms with Crippen molar-refractivity contribution in [1.29, 1.82) is 0 Å². The molecule has 0 saturated carbocycles. The number of nitrogens with one attached hydrogen (secondary N) is 1. The number of ether oxygens (including phenoxy) is 1. The Morgan fingerprint density at radius 2 is 1.96 bits per heavy atom. The lowest BCUT2D eigenvalue weighted by Gasteiger charge is -2.35. The van der Waals surface area contributed by atoms with Gasteiger partial charge in [0.1, 0.15) is 0 Å². The molecule has 1 amide bonds. The van der Waals surface area contributed by atoms with Crippen molar-refractivity contribution < 1.29 is 13.9 Å². The van der Waals surface area contributed by atoms with E-state index in [0.717, 1.165) is 5.56 Å². The van der Waals surface area contributed by atoms with E-state index >= 15 is 0 Å². The highest BCUT2D eigenvalue weighted by Crippen LogP contribution is 2.18. The Morgan fingerprint density at radius 1 is 1.31 bits per heavy atom. The number of hydrogen-bond acceptors (Lipinski definition) is 4. The van der Waals surface area contributed by atoms with Crippen LogP contribution in [0.3, 0.4) is 0 Å². The number of halogens is 2. The van der Waals surface area contributed by atoms with Gasteiger partial charge in [-0.3, -0.25) is 4.79 Å². The summed E-state index contributed by atoms with van der Waals surface area (Å²) in [6, 6.07) is 8.70. The molecule has 0 spiro atoms. The molecule has 0 radical (unpaired) electrons. The second-order valence-electron chi connectivity index (χ2n) is 6.50. The van der Waals surface area contributed by atoms with Gasteiger partial charge in [0, 0.05) is 35.9 Å². The van der Waals surface area contributed by atoms with Crippen LogP contribution in [-0.2, 0) is 11.3 Å². The number of carbonyl (C=O) groups is 1. The lowest BCUT2D eigenvalue weighted by atomic mass is 10.1. The summed E-state index contributed by atoms with van der Waals surface area (Å²) in [4.78, 5) is 18.5. The van der Waals surface area contributed by atoms with Gasteiger partial charge < -0.3 is 15.0 Å². The number of hydrogen-bond donors (Lipinski definition) is 1. The zero-order valence-corrected chi connectivity index (χ0v) is 16.3. The zero-order chi connectivity index (χ0) is 18.7. The molecule has 0 unspecified atom stereocenters. The lowest BCUT2D eigenvalue weighted by molar-refractivity contribution is -0.0586. The van der Waals surface area contributed by atoms with Gasteiger partial charge in [-0.25, -0.2) is 9.37 Å². The molecule has 2 heterocycles. The van der Waals surface area contributed by atoms with E-state index in [1.165, 1.54) is 12.3 Å². The molecule has 0 aliphatic carbocycles. The number of anilines is 1. The van der Waals surface area contributed by atoms with Crippen molar-refractivity contribution in [3.05, 3.63) is 57.9 Å². The molecule has 5 nitrogen and oxygen atoms in total. The lowest BCUT2D eigenvalue weighted by Crippen LogP contribution is -2.48. The van der Waals surface area contributed by atoms with Crippen molar-refractivity contribution in [1.82, 2.24) is 9.88 Å². The number of morpholine rings is 1. The summed E-state index contributed by atoms with van der Waals surface area (Å²) in [7, 11) is 0. The van der Waals surface area contributed by atoms with E-state index in [4.69, 9.17) is 4.74 Å². The smallest absolute Gasteiger partial charge is 0.254 e. The molecule has 1 aromatic heterocycles. The van der Waals surface area contributed by atoms with E-state index in [0.29, 0.717) is 29.7 Å². The average molecular weight is 422 g/mol. The Labute approximate surface area is 160 Å². The van der Waals surface area contributed by atoms with Crippen molar-refractivity contribution in [3.8, 4) is 0 Å². The van der Waals surface area contributed by atoms with E-state index in [2.05, 4.69) is 26.2 Å². The molecule has 1 N–H and O–H groups in total. The van der Waals surface area contributed by atoms with Crippen molar-refractivity contribution in [3.63, 3.8) is 0 Å². The molecule has 26 heavy (non-hydrogen) atoms. The summed E-state index contributed by atoms with van der Waals surface area (Å²) in [5.74, 6) is -0.210. The van der Waals surface area contributed by atoms with Gasteiger partial charge in [0.15, 0.2) is 11.6 Å². The monoisotopic (exact) mass is 421 g/mol. The number of rotatable bonds is 4.